The van der Waals surface area contributed by atoms with Gasteiger partial charge < -0.3 is 5.32 Å². The predicted octanol–water partition coefficient (Wildman–Crippen LogP) is 2.90. The van der Waals surface area contributed by atoms with Crippen LogP contribution in [0.1, 0.15) is 31.7 Å². The molecule has 1 heterocycles. The van der Waals surface area contributed by atoms with Crippen LogP contribution in [0, 0.1) is 5.41 Å². The molecule has 0 amide bonds. The number of unbranched alkanes of at least 4 members (excludes halogenated alkanes) is 1. The Bertz CT molecular complexity index is 341. The van der Waals surface area contributed by atoms with Crippen LogP contribution in [0.5, 0.6) is 0 Å². The van der Waals surface area contributed by atoms with E-state index >= 15 is 0 Å². The number of hydrogen-bond acceptors (Lipinski definition) is 2. The van der Waals surface area contributed by atoms with E-state index in [9.17, 15) is 0 Å². The van der Waals surface area contributed by atoms with Gasteiger partial charge in [-0.3, -0.25) is 4.90 Å². The highest BCUT2D eigenvalue weighted by Gasteiger charge is 2.41. The zero-order valence-corrected chi connectivity index (χ0v) is 11.8. The van der Waals surface area contributed by atoms with E-state index in [2.05, 4.69) is 54.5 Å². The Morgan fingerprint density at radius 2 is 1.94 bits per heavy atom. The third-order valence-electron chi connectivity index (χ3n) is 3.98. The van der Waals surface area contributed by atoms with Crippen molar-refractivity contribution in [2.75, 3.05) is 26.7 Å². The molecule has 0 bridgehead atoms. The lowest BCUT2D eigenvalue weighted by Crippen LogP contribution is -2.59. The number of likely N-dealkylation sites (tertiary alicyclic amines) is 1. The van der Waals surface area contributed by atoms with Gasteiger partial charge in [-0.25, -0.2) is 0 Å². The molecule has 100 valence electrons. The van der Waals surface area contributed by atoms with Crippen LogP contribution in [-0.2, 0) is 6.54 Å². The second kappa shape index (κ2) is 6.35. The maximum absolute atomic E-state index is 3.38. The molecule has 1 aromatic carbocycles. The first kappa shape index (κ1) is 13.6. The normalized spacial score (nSPS) is 18.6. The lowest BCUT2D eigenvalue weighted by atomic mass is 9.75. The molecule has 2 heteroatoms. The smallest absolute Gasteiger partial charge is 0.0234 e. The molecule has 18 heavy (non-hydrogen) atoms. The molecule has 0 aromatic heterocycles. The van der Waals surface area contributed by atoms with Crippen LogP contribution >= 0.6 is 0 Å². The van der Waals surface area contributed by atoms with Crippen molar-refractivity contribution < 1.29 is 0 Å². The molecular formula is C16H26N2. The lowest BCUT2D eigenvalue weighted by Gasteiger charge is -2.51. The molecule has 0 saturated carbocycles. The molecule has 0 atom stereocenters. The average molecular weight is 246 g/mol. The van der Waals surface area contributed by atoms with Crippen molar-refractivity contribution in [2.45, 2.75) is 32.7 Å². The summed E-state index contributed by atoms with van der Waals surface area (Å²) >= 11 is 0. The van der Waals surface area contributed by atoms with Crippen molar-refractivity contribution in [3.8, 4) is 0 Å². The van der Waals surface area contributed by atoms with Crippen LogP contribution in [0.4, 0.5) is 0 Å². The summed E-state index contributed by atoms with van der Waals surface area (Å²) in [5.41, 5.74) is 1.98. The molecule has 0 aliphatic carbocycles. The highest BCUT2D eigenvalue weighted by molar-refractivity contribution is 5.15. The van der Waals surface area contributed by atoms with E-state index in [1.54, 1.807) is 0 Å². The monoisotopic (exact) mass is 246 g/mol. The molecule has 1 N–H and O–H groups in total. The summed E-state index contributed by atoms with van der Waals surface area (Å²) in [6.07, 6.45) is 4.04. The van der Waals surface area contributed by atoms with Gasteiger partial charge >= 0.3 is 0 Å². The van der Waals surface area contributed by atoms with Gasteiger partial charge in [-0.2, -0.15) is 0 Å². The number of benzene rings is 1. The zero-order chi connectivity index (χ0) is 12.8. The molecule has 1 saturated heterocycles. The molecule has 1 aliphatic rings. The van der Waals surface area contributed by atoms with Crippen molar-refractivity contribution in [3.05, 3.63) is 35.9 Å². The van der Waals surface area contributed by atoms with Gasteiger partial charge in [-0.1, -0.05) is 50.1 Å². The van der Waals surface area contributed by atoms with Crippen LogP contribution in [0.15, 0.2) is 30.3 Å². The average Bonchev–Trinajstić information content (AvgIpc) is 2.35. The Labute approximate surface area is 111 Å². The predicted molar refractivity (Wildman–Crippen MR) is 77.6 cm³/mol. The van der Waals surface area contributed by atoms with E-state index in [-0.39, 0.29) is 0 Å². The third-order valence-corrected chi connectivity index (χ3v) is 3.98. The van der Waals surface area contributed by atoms with Crippen molar-refractivity contribution in [1.82, 2.24) is 10.2 Å². The van der Waals surface area contributed by atoms with Gasteiger partial charge in [0.05, 0.1) is 0 Å². The van der Waals surface area contributed by atoms with Crippen LogP contribution in [0.3, 0.4) is 0 Å². The van der Waals surface area contributed by atoms with Crippen molar-refractivity contribution in [2.24, 2.45) is 5.41 Å². The van der Waals surface area contributed by atoms with Crippen molar-refractivity contribution in [1.29, 1.82) is 0 Å². The minimum absolute atomic E-state index is 0.541. The van der Waals surface area contributed by atoms with Crippen LogP contribution in [0.25, 0.3) is 0 Å². The molecular weight excluding hydrogens is 220 g/mol. The quantitative estimate of drug-likeness (QED) is 0.796. The fourth-order valence-electron chi connectivity index (χ4n) is 3.14. The molecule has 1 fully saturated rings. The minimum atomic E-state index is 0.541. The van der Waals surface area contributed by atoms with Crippen LogP contribution in [-0.4, -0.2) is 31.6 Å². The summed E-state index contributed by atoms with van der Waals surface area (Å²) in [5.74, 6) is 0. The molecule has 2 nitrogen and oxygen atoms in total. The molecule has 0 unspecified atom stereocenters. The fraction of sp³-hybridized carbons (Fsp3) is 0.625. The van der Waals surface area contributed by atoms with Crippen LogP contribution < -0.4 is 5.32 Å². The van der Waals surface area contributed by atoms with Crippen molar-refractivity contribution in [3.63, 3.8) is 0 Å². The van der Waals surface area contributed by atoms with E-state index in [1.165, 1.54) is 37.9 Å². The Morgan fingerprint density at radius 1 is 1.22 bits per heavy atom. The van der Waals surface area contributed by atoms with Crippen molar-refractivity contribution >= 4 is 0 Å². The summed E-state index contributed by atoms with van der Waals surface area (Å²) in [7, 11) is 2.08. The maximum Gasteiger partial charge on any atom is 0.0234 e. The SMILES string of the molecule is CCCCC1(CNC)CN(Cc2ccccc2)C1. The van der Waals surface area contributed by atoms with E-state index in [0.717, 1.165) is 13.1 Å². The van der Waals surface area contributed by atoms with Gasteiger partial charge in [0, 0.05) is 31.6 Å². The second-order valence-electron chi connectivity index (χ2n) is 5.76. The zero-order valence-electron chi connectivity index (χ0n) is 11.8. The van der Waals surface area contributed by atoms with E-state index < -0.39 is 0 Å². The van der Waals surface area contributed by atoms with Gasteiger partial charge in [-0.05, 0) is 19.0 Å². The Balaban J connectivity index is 1.82. The summed E-state index contributed by atoms with van der Waals surface area (Å²) < 4.78 is 0. The highest BCUT2D eigenvalue weighted by Crippen LogP contribution is 2.35. The second-order valence-corrected chi connectivity index (χ2v) is 5.76. The summed E-state index contributed by atoms with van der Waals surface area (Å²) in [6, 6.07) is 10.8. The first-order chi connectivity index (χ1) is 8.78. The van der Waals surface area contributed by atoms with Gasteiger partial charge in [0.25, 0.3) is 0 Å². The topological polar surface area (TPSA) is 15.3 Å². The standard InChI is InChI=1S/C16H26N2/c1-3-4-10-16(12-17-2)13-18(14-16)11-15-8-6-5-7-9-15/h5-9,17H,3-4,10-14H2,1-2H3. The molecule has 0 spiro atoms. The summed E-state index contributed by atoms with van der Waals surface area (Å²) in [5, 5.41) is 3.38. The summed E-state index contributed by atoms with van der Waals surface area (Å²) in [4.78, 5) is 2.57. The Hall–Kier alpha value is -0.860. The van der Waals surface area contributed by atoms with Crippen LogP contribution in [0.2, 0.25) is 0 Å². The maximum atomic E-state index is 3.38. The van der Waals surface area contributed by atoms with Gasteiger partial charge in [0.1, 0.15) is 0 Å². The molecule has 1 aromatic rings. The van der Waals surface area contributed by atoms with Gasteiger partial charge in [0.15, 0.2) is 0 Å². The number of rotatable bonds is 7. The Morgan fingerprint density at radius 3 is 2.56 bits per heavy atom. The first-order valence-electron chi connectivity index (χ1n) is 7.19. The summed E-state index contributed by atoms with van der Waals surface area (Å²) in [6.45, 7) is 7.07. The fourth-order valence-corrected chi connectivity index (χ4v) is 3.14. The highest BCUT2D eigenvalue weighted by atomic mass is 15.2. The number of nitrogens with one attached hydrogen (secondary N) is 1. The number of hydrogen-bond donors (Lipinski definition) is 1. The molecule has 2 rings (SSSR count). The van der Waals surface area contributed by atoms with Gasteiger partial charge in [0.2, 0.25) is 0 Å². The minimum Gasteiger partial charge on any atom is -0.319 e. The largest absolute Gasteiger partial charge is 0.319 e. The number of nitrogens with zero attached hydrogens (tertiary/aromatic N) is 1. The van der Waals surface area contributed by atoms with Gasteiger partial charge in [-0.15, -0.1) is 0 Å². The van der Waals surface area contributed by atoms with E-state index in [0.29, 0.717) is 5.41 Å². The third kappa shape index (κ3) is 3.33. The molecule has 1 aliphatic heterocycles. The lowest BCUT2D eigenvalue weighted by molar-refractivity contribution is -0.0120. The Kier molecular flexibility index (Phi) is 4.79. The van der Waals surface area contributed by atoms with E-state index in [4.69, 9.17) is 0 Å². The molecule has 0 radical (unpaired) electrons. The first-order valence-corrected chi connectivity index (χ1v) is 7.19. The van der Waals surface area contributed by atoms with E-state index in [1.807, 2.05) is 0 Å².